The lowest BCUT2D eigenvalue weighted by Crippen LogP contribution is -2.38. The molecule has 1 aromatic heterocycles. The molecule has 0 spiro atoms. The van der Waals surface area contributed by atoms with E-state index in [2.05, 4.69) is 47.1 Å². The Morgan fingerprint density at radius 2 is 1.92 bits per heavy atom. The number of thioether (sulfide) groups is 1. The van der Waals surface area contributed by atoms with Crippen LogP contribution in [0.3, 0.4) is 0 Å². The van der Waals surface area contributed by atoms with Crippen molar-refractivity contribution in [1.29, 1.82) is 5.41 Å². The molecule has 0 bridgehead atoms. The maximum atomic E-state index is 14.4. The standard InChI is InChI=1S/C30H32FN3OS/c1-3-20-4-6-23(32)17-22(16-20)21-5-8-28-26(18-21)29(10-13-33-28)34-14-11-24(12-15-34)35-30-9-7-25(36-2)19-27(30)31/h5,7-10,13,16-19,24,32H,3-4,6,11-12,14-15H2,1-2H3. The number of piperidine rings is 1. The zero-order chi connectivity index (χ0) is 25.1. The Morgan fingerprint density at radius 3 is 2.67 bits per heavy atom. The molecule has 1 aliphatic carbocycles. The van der Waals surface area contributed by atoms with Gasteiger partial charge in [-0.25, -0.2) is 4.39 Å². The van der Waals surface area contributed by atoms with E-state index in [4.69, 9.17) is 10.1 Å². The van der Waals surface area contributed by atoms with Gasteiger partial charge in [-0.05, 0) is 79.1 Å². The monoisotopic (exact) mass is 501 g/mol. The Morgan fingerprint density at radius 1 is 1.08 bits per heavy atom. The van der Waals surface area contributed by atoms with Crippen molar-refractivity contribution < 1.29 is 9.13 Å². The molecular formula is C30H32FN3OS. The van der Waals surface area contributed by atoms with E-state index < -0.39 is 0 Å². The van der Waals surface area contributed by atoms with Crippen LogP contribution < -0.4 is 9.64 Å². The van der Waals surface area contributed by atoms with Crippen LogP contribution in [0.4, 0.5) is 10.1 Å². The first-order chi connectivity index (χ1) is 17.5. The third kappa shape index (κ3) is 5.34. The smallest absolute Gasteiger partial charge is 0.166 e. The van der Waals surface area contributed by atoms with E-state index in [9.17, 15) is 4.39 Å². The normalized spacial score (nSPS) is 17.1. The van der Waals surface area contributed by atoms with E-state index in [1.807, 2.05) is 24.6 Å². The number of allylic oxidation sites excluding steroid dienone is 4. The van der Waals surface area contributed by atoms with E-state index in [-0.39, 0.29) is 11.9 Å². The summed E-state index contributed by atoms with van der Waals surface area (Å²) in [6.07, 6.45) is 12.5. The highest BCUT2D eigenvalue weighted by Crippen LogP contribution is 2.33. The second-order valence-corrected chi connectivity index (χ2v) is 10.3. The van der Waals surface area contributed by atoms with Crippen molar-refractivity contribution in [2.45, 2.75) is 50.0 Å². The Bertz CT molecular complexity index is 1340. The number of pyridine rings is 1. The number of ether oxygens (including phenoxy) is 1. The highest BCUT2D eigenvalue weighted by atomic mass is 32.2. The molecule has 2 heterocycles. The predicted molar refractivity (Wildman–Crippen MR) is 149 cm³/mol. The summed E-state index contributed by atoms with van der Waals surface area (Å²) in [5.74, 6) is 0.0464. The number of halogens is 1. The van der Waals surface area contributed by atoms with Gasteiger partial charge < -0.3 is 15.0 Å². The van der Waals surface area contributed by atoms with Gasteiger partial charge in [-0.2, -0.15) is 0 Å². The summed E-state index contributed by atoms with van der Waals surface area (Å²) < 4.78 is 20.5. The first-order valence-electron chi connectivity index (χ1n) is 12.7. The number of fused-ring (bicyclic) bond motifs is 1. The van der Waals surface area contributed by atoms with Crippen molar-refractivity contribution in [3.05, 3.63) is 77.8 Å². The molecule has 0 atom stereocenters. The van der Waals surface area contributed by atoms with Crippen LogP contribution in [0.2, 0.25) is 0 Å². The summed E-state index contributed by atoms with van der Waals surface area (Å²) in [6, 6.07) is 13.7. The molecule has 36 heavy (non-hydrogen) atoms. The molecule has 0 unspecified atom stereocenters. The first kappa shape index (κ1) is 24.6. The second-order valence-electron chi connectivity index (χ2n) is 9.44. The summed E-state index contributed by atoms with van der Waals surface area (Å²) >= 11 is 1.52. The lowest BCUT2D eigenvalue weighted by Gasteiger charge is -2.34. The molecule has 1 saturated heterocycles. The van der Waals surface area contributed by atoms with Gasteiger partial charge in [-0.3, -0.25) is 4.98 Å². The summed E-state index contributed by atoms with van der Waals surface area (Å²) in [6.45, 7) is 3.86. The number of aromatic nitrogens is 1. The number of rotatable bonds is 6. The Kier molecular flexibility index (Phi) is 7.42. The third-order valence-electron chi connectivity index (χ3n) is 7.13. The quantitative estimate of drug-likeness (QED) is 0.352. The molecule has 0 radical (unpaired) electrons. The first-order valence-corrected chi connectivity index (χ1v) is 13.9. The highest BCUT2D eigenvalue weighted by Gasteiger charge is 2.23. The van der Waals surface area contributed by atoms with Gasteiger partial charge in [0.05, 0.1) is 5.52 Å². The van der Waals surface area contributed by atoms with Gasteiger partial charge in [0.25, 0.3) is 0 Å². The minimum atomic E-state index is -0.293. The summed E-state index contributed by atoms with van der Waals surface area (Å²) in [5, 5.41) is 9.43. The maximum Gasteiger partial charge on any atom is 0.166 e. The van der Waals surface area contributed by atoms with Crippen LogP contribution in [-0.4, -0.2) is 36.1 Å². The SMILES string of the molecule is CCC1=CC(c2ccc3nccc(N4CCC(Oc5ccc(SC)cc5F)CC4)c3c2)=CC(=N)CC1. The second kappa shape index (κ2) is 10.9. The van der Waals surface area contributed by atoms with E-state index in [0.717, 1.165) is 72.1 Å². The van der Waals surface area contributed by atoms with Crippen LogP contribution in [0.15, 0.2) is 71.3 Å². The Labute approximate surface area is 216 Å². The fraction of sp³-hybridized carbons (Fsp3) is 0.333. The van der Waals surface area contributed by atoms with Gasteiger partial charge in [-0.1, -0.05) is 24.6 Å². The Hall–Kier alpha value is -3.12. The number of hydrogen-bond donors (Lipinski definition) is 1. The van der Waals surface area contributed by atoms with Crippen LogP contribution in [0.1, 0.15) is 44.6 Å². The van der Waals surface area contributed by atoms with Gasteiger partial charge in [0.2, 0.25) is 0 Å². The molecule has 1 fully saturated rings. The summed E-state index contributed by atoms with van der Waals surface area (Å²) in [7, 11) is 0. The van der Waals surface area contributed by atoms with E-state index >= 15 is 0 Å². The summed E-state index contributed by atoms with van der Waals surface area (Å²) in [5.41, 5.74) is 6.42. The lowest BCUT2D eigenvalue weighted by atomic mass is 9.99. The van der Waals surface area contributed by atoms with Crippen molar-refractivity contribution in [2.24, 2.45) is 0 Å². The predicted octanol–water partition coefficient (Wildman–Crippen LogP) is 7.68. The largest absolute Gasteiger partial charge is 0.487 e. The molecular weight excluding hydrogens is 469 g/mol. The van der Waals surface area contributed by atoms with Crippen LogP contribution in [-0.2, 0) is 0 Å². The van der Waals surface area contributed by atoms with Crippen molar-refractivity contribution in [2.75, 3.05) is 24.2 Å². The van der Waals surface area contributed by atoms with Crippen LogP contribution in [0.25, 0.3) is 16.5 Å². The van der Waals surface area contributed by atoms with Gasteiger partial charge in [-0.15, -0.1) is 11.8 Å². The van der Waals surface area contributed by atoms with Gasteiger partial charge in [0, 0.05) is 53.8 Å². The van der Waals surface area contributed by atoms with Crippen molar-refractivity contribution in [3.63, 3.8) is 0 Å². The molecule has 1 aliphatic heterocycles. The fourth-order valence-corrected chi connectivity index (χ4v) is 5.45. The summed E-state index contributed by atoms with van der Waals surface area (Å²) in [4.78, 5) is 7.90. The molecule has 2 aromatic carbocycles. The number of anilines is 1. The van der Waals surface area contributed by atoms with Crippen molar-refractivity contribution in [3.8, 4) is 5.75 Å². The molecule has 186 valence electrons. The zero-order valence-corrected chi connectivity index (χ0v) is 21.7. The molecule has 6 heteroatoms. The highest BCUT2D eigenvalue weighted by molar-refractivity contribution is 7.98. The average molecular weight is 502 g/mol. The molecule has 4 nitrogen and oxygen atoms in total. The number of benzene rings is 2. The maximum absolute atomic E-state index is 14.4. The molecule has 2 aliphatic rings. The third-order valence-corrected chi connectivity index (χ3v) is 7.85. The van der Waals surface area contributed by atoms with Crippen molar-refractivity contribution in [1.82, 2.24) is 4.98 Å². The van der Waals surface area contributed by atoms with E-state index in [1.54, 1.807) is 12.1 Å². The van der Waals surface area contributed by atoms with Crippen LogP contribution >= 0.6 is 11.8 Å². The van der Waals surface area contributed by atoms with Gasteiger partial charge in [0.1, 0.15) is 6.10 Å². The zero-order valence-electron chi connectivity index (χ0n) is 20.9. The topological polar surface area (TPSA) is 49.2 Å². The number of hydrogen-bond acceptors (Lipinski definition) is 5. The van der Waals surface area contributed by atoms with Crippen LogP contribution in [0.5, 0.6) is 5.75 Å². The van der Waals surface area contributed by atoms with Gasteiger partial charge >= 0.3 is 0 Å². The average Bonchev–Trinajstić information content (AvgIpc) is 3.10. The lowest BCUT2D eigenvalue weighted by molar-refractivity contribution is 0.164. The molecule has 5 rings (SSSR count). The van der Waals surface area contributed by atoms with Crippen molar-refractivity contribution >= 4 is 39.6 Å². The Balaban J connectivity index is 1.36. The minimum Gasteiger partial charge on any atom is -0.487 e. The van der Waals surface area contributed by atoms with Crippen LogP contribution in [0, 0.1) is 11.2 Å². The molecule has 0 saturated carbocycles. The number of nitrogens with zero attached hydrogens (tertiary/aromatic N) is 2. The molecule has 1 N–H and O–H groups in total. The molecule has 0 amide bonds. The van der Waals surface area contributed by atoms with Gasteiger partial charge in [0.15, 0.2) is 11.6 Å². The number of nitrogens with one attached hydrogen (secondary N) is 1. The fourth-order valence-electron chi connectivity index (χ4n) is 5.02. The van der Waals surface area contributed by atoms with E-state index in [1.165, 1.54) is 23.0 Å². The molecule has 3 aromatic rings. The minimum absolute atomic E-state index is 0.000647. The van der Waals surface area contributed by atoms with E-state index in [0.29, 0.717) is 11.5 Å².